The highest BCUT2D eigenvalue weighted by Crippen LogP contribution is 1.97. The third-order valence-electron chi connectivity index (χ3n) is 2.06. The summed E-state index contributed by atoms with van der Waals surface area (Å²) in [7, 11) is 0. The lowest BCUT2D eigenvalue weighted by Crippen LogP contribution is -2.43. The van der Waals surface area contributed by atoms with Gasteiger partial charge in [-0.15, -0.1) is 0 Å². The van der Waals surface area contributed by atoms with E-state index in [9.17, 15) is 9.59 Å². The average molecular weight is 218 g/mol. The third-order valence-corrected chi connectivity index (χ3v) is 2.06. The first-order chi connectivity index (χ1) is 7.59. The summed E-state index contributed by atoms with van der Waals surface area (Å²) >= 11 is 0. The van der Waals surface area contributed by atoms with Crippen LogP contribution in [-0.4, -0.2) is 17.9 Å². The molecule has 2 amide bonds. The van der Waals surface area contributed by atoms with Gasteiger partial charge in [0.1, 0.15) is 6.04 Å². The van der Waals surface area contributed by atoms with Crippen LogP contribution < -0.4 is 10.6 Å². The number of carbonyl (C=O) groups excluding carboxylic acids is 2. The molecule has 0 fully saturated rings. The highest BCUT2D eigenvalue weighted by Gasteiger charge is 2.12. The summed E-state index contributed by atoms with van der Waals surface area (Å²) in [5, 5.41) is 5.00. The van der Waals surface area contributed by atoms with E-state index in [4.69, 9.17) is 6.92 Å². The van der Waals surface area contributed by atoms with Crippen molar-refractivity contribution in [2.75, 3.05) is 0 Å². The van der Waals surface area contributed by atoms with Gasteiger partial charge in [-0.3, -0.25) is 9.59 Å². The Kier molecular flexibility index (Phi) is 4.51. The molecule has 4 heteroatoms. The number of amides is 2. The number of nitrogens with one attached hydrogen (secondary N) is 2. The van der Waals surface area contributed by atoms with Crippen molar-refractivity contribution < 1.29 is 9.59 Å². The van der Waals surface area contributed by atoms with Crippen molar-refractivity contribution in [2.24, 2.45) is 0 Å². The summed E-state index contributed by atoms with van der Waals surface area (Å²) in [6, 6.07) is 8.89. The second kappa shape index (κ2) is 5.90. The maximum atomic E-state index is 11.5. The Balaban J connectivity index is 2.38. The Morgan fingerprint density at radius 1 is 1.31 bits per heavy atom. The molecule has 1 rings (SSSR count). The summed E-state index contributed by atoms with van der Waals surface area (Å²) in [4.78, 5) is 22.0. The maximum Gasteiger partial charge on any atom is 0.242 e. The summed E-state index contributed by atoms with van der Waals surface area (Å²) in [6.45, 7) is 6.92. The van der Waals surface area contributed by atoms with Gasteiger partial charge in [-0.1, -0.05) is 30.3 Å². The largest absolute Gasteiger partial charge is 0.350 e. The van der Waals surface area contributed by atoms with E-state index >= 15 is 0 Å². The second-order valence-electron chi connectivity index (χ2n) is 3.43. The zero-order chi connectivity index (χ0) is 12.0. The summed E-state index contributed by atoms with van der Waals surface area (Å²) in [6.07, 6.45) is 0. The highest BCUT2D eigenvalue weighted by molar-refractivity contribution is 5.88. The van der Waals surface area contributed by atoms with Gasteiger partial charge >= 0.3 is 0 Å². The highest BCUT2D eigenvalue weighted by atomic mass is 16.2. The van der Waals surface area contributed by atoms with E-state index in [-0.39, 0.29) is 5.91 Å². The number of carbonyl (C=O) groups is 2. The van der Waals surface area contributed by atoms with E-state index in [2.05, 4.69) is 10.6 Å². The van der Waals surface area contributed by atoms with Gasteiger partial charge in [-0.05, 0) is 12.5 Å². The molecule has 2 radical (unpaired) electrons. The molecule has 0 saturated carbocycles. The van der Waals surface area contributed by atoms with Crippen molar-refractivity contribution in [1.29, 1.82) is 0 Å². The first-order valence-electron chi connectivity index (χ1n) is 4.97. The van der Waals surface area contributed by atoms with Crippen molar-refractivity contribution in [3.05, 3.63) is 42.8 Å². The van der Waals surface area contributed by atoms with Gasteiger partial charge in [0.15, 0.2) is 0 Å². The molecular formula is C12H14N2O2. The Morgan fingerprint density at radius 2 is 1.94 bits per heavy atom. The van der Waals surface area contributed by atoms with Gasteiger partial charge in [-0.2, -0.15) is 0 Å². The van der Waals surface area contributed by atoms with Gasteiger partial charge in [-0.25, -0.2) is 0 Å². The number of rotatable bonds is 4. The molecule has 0 aliphatic carbocycles. The van der Waals surface area contributed by atoms with Gasteiger partial charge in [0.05, 0.1) is 6.92 Å². The van der Waals surface area contributed by atoms with Crippen LogP contribution in [0.4, 0.5) is 0 Å². The predicted octanol–water partition coefficient (Wildman–Crippen LogP) is 0.519. The van der Waals surface area contributed by atoms with Gasteiger partial charge in [0.2, 0.25) is 11.8 Å². The molecular weight excluding hydrogens is 204 g/mol. The van der Waals surface area contributed by atoms with Crippen LogP contribution in [0.5, 0.6) is 0 Å². The van der Waals surface area contributed by atoms with E-state index in [1.165, 1.54) is 0 Å². The second-order valence-corrected chi connectivity index (χ2v) is 3.43. The third kappa shape index (κ3) is 4.13. The predicted molar refractivity (Wildman–Crippen MR) is 60.2 cm³/mol. The zero-order valence-electron chi connectivity index (χ0n) is 9.07. The van der Waals surface area contributed by atoms with Crippen molar-refractivity contribution >= 4 is 11.8 Å². The molecule has 1 aromatic carbocycles. The van der Waals surface area contributed by atoms with Crippen LogP contribution in [0.3, 0.4) is 0 Å². The Hall–Kier alpha value is -1.84. The van der Waals surface area contributed by atoms with E-state index < -0.39 is 11.9 Å². The van der Waals surface area contributed by atoms with Crippen molar-refractivity contribution in [1.82, 2.24) is 10.6 Å². The molecule has 0 aliphatic rings. The number of benzene rings is 1. The minimum Gasteiger partial charge on any atom is -0.350 e. The minimum absolute atomic E-state index is 0.261. The lowest BCUT2D eigenvalue weighted by molar-refractivity contribution is -0.126. The van der Waals surface area contributed by atoms with E-state index in [0.29, 0.717) is 6.54 Å². The van der Waals surface area contributed by atoms with Crippen LogP contribution >= 0.6 is 0 Å². The van der Waals surface area contributed by atoms with Crippen LogP contribution in [0.25, 0.3) is 0 Å². The van der Waals surface area contributed by atoms with Gasteiger partial charge in [0, 0.05) is 6.54 Å². The van der Waals surface area contributed by atoms with Gasteiger partial charge < -0.3 is 10.6 Å². The molecule has 4 nitrogen and oxygen atoms in total. The van der Waals surface area contributed by atoms with E-state index in [1.54, 1.807) is 6.92 Å². The fourth-order valence-corrected chi connectivity index (χ4v) is 1.22. The average Bonchev–Trinajstić information content (AvgIpc) is 2.26. The van der Waals surface area contributed by atoms with Crippen LogP contribution in [0.2, 0.25) is 0 Å². The summed E-state index contributed by atoms with van der Waals surface area (Å²) in [5.41, 5.74) is 1.00. The molecule has 2 N–H and O–H groups in total. The fourth-order valence-electron chi connectivity index (χ4n) is 1.22. The monoisotopic (exact) mass is 218 g/mol. The molecule has 1 aromatic rings. The topological polar surface area (TPSA) is 58.2 Å². The first-order valence-corrected chi connectivity index (χ1v) is 4.97. The van der Waals surface area contributed by atoms with Crippen LogP contribution in [0.1, 0.15) is 12.5 Å². The fraction of sp³-hybridized carbons (Fsp3) is 0.250. The first kappa shape index (κ1) is 12.2. The molecule has 0 bridgehead atoms. The Morgan fingerprint density at radius 3 is 2.50 bits per heavy atom. The van der Waals surface area contributed by atoms with Crippen LogP contribution in [0.15, 0.2) is 30.3 Å². The summed E-state index contributed by atoms with van der Waals surface area (Å²) < 4.78 is 0. The standard InChI is InChI=1S/C12H14N2O2/c1-9(14-10(2)15)12(16)13-8-11-6-4-3-5-7-11/h2-7,9H,8H2,1H3,(H,13,16)(H,14,15). The maximum absolute atomic E-state index is 11.5. The van der Waals surface area contributed by atoms with Gasteiger partial charge in [0.25, 0.3) is 0 Å². The molecule has 0 spiro atoms. The Labute approximate surface area is 95.0 Å². The quantitative estimate of drug-likeness (QED) is 0.774. The zero-order valence-corrected chi connectivity index (χ0v) is 9.07. The number of hydrogen-bond donors (Lipinski definition) is 2. The smallest absolute Gasteiger partial charge is 0.242 e. The van der Waals surface area contributed by atoms with Crippen molar-refractivity contribution in [2.45, 2.75) is 19.5 Å². The molecule has 0 aliphatic heterocycles. The van der Waals surface area contributed by atoms with Crippen molar-refractivity contribution in [3.8, 4) is 0 Å². The molecule has 1 unspecified atom stereocenters. The normalized spacial score (nSPS) is 11.6. The van der Waals surface area contributed by atoms with E-state index in [1.807, 2.05) is 30.3 Å². The molecule has 0 saturated heterocycles. The lowest BCUT2D eigenvalue weighted by Gasteiger charge is -2.12. The summed E-state index contributed by atoms with van der Waals surface area (Å²) in [5.74, 6) is -0.968. The molecule has 16 heavy (non-hydrogen) atoms. The van der Waals surface area contributed by atoms with Crippen molar-refractivity contribution in [3.63, 3.8) is 0 Å². The molecule has 0 aromatic heterocycles. The minimum atomic E-state index is -0.706. The molecule has 84 valence electrons. The van der Waals surface area contributed by atoms with E-state index in [0.717, 1.165) is 5.56 Å². The van der Waals surface area contributed by atoms with Crippen LogP contribution in [-0.2, 0) is 16.1 Å². The Bertz CT molecular complexity index is 363. The SMILES string of the molecule is [CH]C(=O)NC(C)C(=O)NCc1ccccc1. The number of hydrogen-bond acceptors (Lipinski definition) is 2. The molecule has 0 heterocycles. The van der Waals surface area contributed by atoms with Crippen LogP contribution in [0, 0.1) is 6.92 Å². The lowest BCUT2D eigenvalue weighted by atomic mass is 10.2. The molecule has 1 atom stereocenters.